The Labute approximate surface area is 107 Å². The average molecular weight is 332 g/mol. The van der Waals surface area contributed by atoms with Crippen molar-refractivity contribution in [3.05, 3.63) is 32.7 Å². The second kappa shape index (κ2) is 3.95. The minimum atomic E-state index is 0.123. The van der Waals surface area contributed by atoms with E-state index >= 15 is 0 Å². The Morgan fingerprint density at radius 1 is 1.40 bits per heavy atom. The van der Waals surface area contributed by atoms with Gasteiger partial charge in [-0.2, -0.15) is 0 Å². The lowest BCUT2D eigenvalue weighted by Crippen LogP contribution is -2.18. The molecule has 1 nitrogen and oxygen atoms in total. The number of benzene rings is 1. The summed E-state index contributed by atoms with van der Waals surface area (Å²) in [6.07, 6.45) is 2.04. The number of halogens is 2. The molecule has 1 heterocycles. The fourth-order valence-electron chi connectivity index (χ4n) is 1.75. The minimum Gasteiger partial charge on any atom is -0.492 e. The zero-order valence-corrected chi connectivity index (χ0v) is 11.9. The van der Waals surface area contributed by atoms with Crippen molar-refractivity contribution in [3.8, 4) is 5.75 Å². The molecular weight excluding hydrogens is 320 g/mol. The van der Waals surface area contributed by atoms with Crippen LogP contribution < -0.4 is 4.74 Å². The van der Waals surface area contributed by atoms with E-state index in [-0.39, 0.29) is 5.41 Å². The van der Waals surface area contributed by atoms with Crippen LogP contribution in [0.5, 0.6) is 5.75 Å². The van der Waals surface area contributed by atoms with Gasteiger partial charge in [0.1, 0.15) is 5.75 Å². The number of hydrogen-bond acceptors (Lipinski definition) is 1. The Hall–Kier alpha value is -0.280. The second-order valence-electron chi connectivity index (χ2n) is 4.36. The monoisotopic (exact) mass is 330 g/mol. The van der Waals surface area contributed by atoms with Crippen LogP contribution in [0.2, 0.25) is 0 Å². The Morgan fingerprint density at radius 2 is 2.13 bits per heavy atom. The summed E-state index contributed by atoms with van der Waals surface area (Å²) in [5.41, 5.74) is 2.59. The normalized spacial score (nSPS) is 16.8. The molecule has 0 aliphatic carbocycles. The molecule has 0 N–H and O–H groups in total. The number of ether oxygens (including phenoxy) is 1. The van der Waals surface area contributed by atoms with Crippen molar-refractivity contribution in [2.45, 2.75) is 19.3 Å². The first-order valence-corrected chi connectivity index (χ1v) is 6.38. The van der Waals surface area contributed by atoms with E-state index in [1.165, 1.54) is 11.1 Å². The Morgan fingerprint density at radius 3 is 2.80 bits per heavy atom. The number of hydrogen-bond donors (Lipinski definition) is 0. The van der Waals surface area contributed by atoms with Gasteiger partial charge in [0.05, 0.1) is 10.00 Å². The molecule has 1 aromatic rings. The van der Waals surface area contributed by atoms with Crippen LogP contribution in [0.3, 0.4) is 0 Å². The lowest BCUT2D eigenvalue weighted by atomic mass is 9.86. The predicted molar refractivity (Wildman–Crippen MR) is 70.8 cm³/mol. The summed E-state index contributed by atoms with van der Waals surface area (Å²) in [5, 5.41) is 0. The fraction of sp³-hybridized carbons (Fsp3) is 0.333. The molecule has 0 bridgehead atoms. The molecule has 0 saturated heterocycles. The summed E-state index contributed by atoms with van der Waals surface area (Å²) in [7, 11) is 0. The molecule has 80 valence electrons. The molecule has 1 aliphatic heterocycles. The molecule has 1 aromatic carbocycles. The third-order valence-electron chi connectivity index (χ3n) is 2.60. The van der Waals surface area contributed by atoms with Crippen LogP contribution in [0.4, 0.5) is 0 Å². The largest absolute Gasteiger partial charge is 0.492 e. The van der Waals surface area contributed by atoms with Gasteiger partial charge >= 0.3 is 0 Å². The summed E-state index contributed by atoms with van der Waals surface area (Å²) < 4.78 is 6.58. The zero-order chi connectivity index (χ0) is 11.1. The number of rotatable bonds is 1. The molecule has 0 fully saturated rings. The van der Waals surface area contributed by atoms with Crippen LogP contribution in [0.15, 0.2) is 21.6 Å². The van der Waals surface area contributed by atoms with Crippen LogP contribution in [0.1, 0.15) is 25.0 Å². The van der Waals surface area contributed by atoms with E-state index in [0.717, 1.165) is 15.7 Å². The zero-order valence-electron chi connectivity index (χ0n) is 8.68. The van der Waals surface area contributed by atoms with E-state index in [2.05, 4.69) is 57.8 Å². The summed E-state index contributed by atoms with van der Waals surface area (Å²) in [5.74, 6) is 1.02. The van der Waals surface area contributed by atoms with Gasteiger partial charge in [0.15, 0.2) is 0 Å². The molecule has 2 rings (SSSR count). The smallest absolute Gasteiger partial charge is 0.123 e. The summed E-state index contributed by atoms with van der Waals surface area (Å²) >= 11 is 6.73. The molecule has 0 saturated carbocycles. The van der Waals surface area contributed by atoms with Crippen LogP contribution in [0.25, 0.3) is 6.08 Å². The summed E-state index contributed by atoms with van der Waals surface area (Å²) in [6, 6.07) is 6.28. The molecule has 15 heavy (non-hydrogen) atoms. The highest BCUT2D eigenvalue weighted by molar-refractivity contribution is 9.28. The second-order valence-corrected chi connectivity index (χ2v) is 7.13. The molecule has 0 atom stereocenters. The fourth-order valence-corrected chi connectivity index (χ4v) is 2.28. The van der Waals surface area contributed by atoms with Gasteiger partial charge in [0.2, 0.25) is 0 Å². The van der Waals surface area contributed by atoms with Gasteiger partial charge in [0, 0.05) is 11.0 Å². The maximum atomic E-state index is 5.63. The molecule has 0 aromatic heterocycles. The van der Waals surface area contributed by atoms with Gasteiger partial charge in [-0.25, -0.2) is 0 Å². The first-order chi connectivity index (χ1) is 6.99. The molecule has 0 spiro atoms. The van der Waals surface area contributed by atoms with Crippen LogP contribution >= 0.6 is 31.9 Å². The van der Waals surface area contributed by atoms with Crippen LogP contribution in [-0.2, 0) is 5.41 Å². The van der Waals surface area contributed by atoms with Gasteiger partial charge in [-0.15, -0.1) is 0 Å². The Balaban J connectivity index is 2.46. The number of fused-ring (bicyclic) bond motifs is 1. The van der Waals surface area contributed by atoms with Gasteiger partial charge in [-0.1, -0.05) is 19.9 Å². The predicted octanol–water partition coefficient (Wildman–Crippen LogP) is 4.44. The maximum Gasteiger partial charge on any atom is 0.123 e. The average Bonchev–Trinajstić information content (AvgIpc) is 2.42. The third-order valence-corrected chi connectivity index (χ3v) is 3.05. The molecule has 0 unspecified atom stereocenters. The van der Waals surface area contributed by atoms with Crippen molar-refractivity contribution >= 4 is 37.9 Å². The molecule has 3 heteroatoms. The van der Waals surface area contributed by atoms with E-state index in [0.29, 0.717) is 0 Å². The van der Waals surface area contributed by atoms with E-state index in [1.807, 2.05) is 12.1 Å². The van der Waals surface area contributed by atoms with E-state index in [9.17, 15) is 0 Å². The van der Waals surface area contributed by atoms with Gasteiger partial charge in [0.25, 0.3) is 0 Å². The standard InChI is InChI=1S/C12H12Br2O/c1-12(2)7-15-10-4-3-8(5-9(10)12)6-11(13)14/h3-6H,7H2,1-2H3. The van der Waals surface area contributed by atoms with Crippen molar-refractivity contribution < 1.29 is 4.74 Å². The van der Waals surface area contributed by atoms with Crippen molar-refractivity contribution in [1.82, 2.24) is 0 Å². The van der Waals surface area contributed by atoms with Crippen molar-refractivity contribution in [3.63, 3.8) is 0 Å². The first kappa shape index (κ1) is 11.2. The van der Waals surface area contributed by atoms with E-state index < -0.39 is 0 Å². The van der Waals surface area contributed by atoms with Crippen molar-refractivity contribution in [1.29, 1.82) is 0 Å². The topological polar surface area (TPSA) is 9.23 Å². The lowest BCUT2D eigenvalue weighted by Gasteiger charge is -2.15. The summed E-state index contributed by atoms with van der Waals surface area (Å²) in [6.45, 7) is 5.18. The highest BCUT2D eigenvalue weighted by Gasteiger charge is 2.31. The van der Waals surface area contributed by atoms with Gasteiger partial charge < -0.3 is 4.74 Å². The third kappa shape index (κ3) is 2.28. The highest BCUT2D eigenvalue weighted by Crippen LogP contribution is 2.39. The molecule has 0 radical (unpaired) electrons. The minimum absolute atomic E-state index is 0.123. The molecule has 0 amide bonds. The van der Waals surface area contributed by atoms with Crippen LogP contribution in [-0.4, -0.2) is 6.61 Å². The molecular formula is C12H12Br2O. The van der Waals surface area contributed by atoms with Gasteiger partial charge in [-0.3, -0.25) is 0 Å². The Kier molecular flexibility index (Phi) is 2.95. The van der Waals surface area contributed by atoms with Crippen LogP contribution in [0, 0.1) is 0 Å². The van der Waals surface area contributed by atoms with Crippen molar-refractivity contribution in [2.75, 3.05) is 6.61 Å². The highest BCUT2D eigenvalue weighted by atomic mass is 79.9. The first-order valence-electron chi connectivity index (χ1n) is 4.79. The van der Waals surface area contributed by atoms with E-state index in [1.54, 1.807) is 0 Å². The lowest BCUT2D eigenvalue weighted by molar-refractivity contribution is 0.291. The van der Waals surface area contributed by atoms with Gasteiger partial charge in [-0.05, 0) is 55.6 Å². The summed E-state index contributed by atoms with van der Waals surface area (Å²) in [4.78, 5) is 0. The molecule has 1 aliphatic rings. The SMILES string of the molecule is CC1(C)COc2ccc(C=C(Br)Br)cc21. The van der Waals surface area contributed by atoms with Crippen molar-refractivity contribution in [2.24, 2.45) is 0 Å². The quantitative estimate of drug-likeness (QED) is 0.739. The maximum absolute atomic E-state index is 5.63. The Bertz CT molecular complexity index is 418. The van der Waals surface area contributed by atoms with E-state index in [4.69, 9.17) is 4.74 Å².